The molecule has 4 nitrogen and oxygen atoms in total. The lowest BCUT2D eigenvalue weighted by atomic mass is 9.99. The molecule has 2 N–H and O–H groups in total. The zero-order valence-electron chi connectivity index (χ0n) is 13.3. The molecule has 0 saturated carbocycles. The van der Waals surface area contributed by atoms with Crippen molar-refractivity contribution in [3.8, 4) is 5.75 Å². The quantitative estimate of drug-likeness (QED) is 0.885. The van der Waals surface area contributed by atoms with Crippen molar-refractivity contribution >= 4 is 0 Å². The maximum absolute atomic E-state index is 6.41. The number of aromatic nitrogens is 2. The minimum Gasteiger partial charge on any atom is -0.493 e. The number of rotatable bonds is 6. The number of ether oxygens (including phenoxy) is 1. The van der Waals surface area contributed by atoms with Crippen LogP contribution < -0.4 is 10.5 Å². The zero-order chi connectivity index (χ0) is 15.4. The maximum Gasteiger partial charge on any atom is 0.161 e. The Morgan fingerprint density at radius 2 is 2.00 bits per heavy atom. The minimum atomic E-state index is -0.0792. The van der Waals surface area contributed by atoms with Gasteiger partial charge in [0.2, 0.25) is 0 Å². The van der Waals surface area contributed by atoms with E-state index in [1.165, 1.54) is 11.1 Å². The molecule has 0 bridgehead atoms. The van der Waals surface area contributed by atoms with Crippen LogP contribution in [0.15, 0.2) is 30.5 Å². The average molecular weight is 287 g/mol. The van der Waals surface area contributed by atoms with E-state index >= 15 is 0 Å². The predicted molar refractivity (Wildman–Crippen MR) is 85.6 cm³/mol. The molecular formula is C17H25N3O. The summed E-state index contributed by atoms with van der Waals surface area (Å²) in [5, 5.41) is 4.39. The van der Waals surface area contributed by atoms with Gasteiger partial charge < -0.3 is 10.5 Å². The number of methoxy groups -OCH3 is 1. The van der Waals surface area contributed by atoms with E-state index in [0.29, 0.717) is 0 Å². The van der Waals surface area contributed by atoms with Crippen molar-refractivity contribution in [2.75, 3.05) is 7.11 Å². The van der Waals surface area contributed by atoms with Crippen molar-refractivity contribution in [3.63, 3.8) is 0 Å². The van der Waals surface area contributed by atoms with Crippen LogP contribution in [0.25, 0.3) is 0 Å². The molecule has 0 fully saturated rings. The number of aryl methyl sites for hydroxylation is 2. The van der Waals surface area contributed by atoms with E-state index in [4.69, 9.17) is 10.5 Å². The van der Waals surface area contributed by atoms with Gasteiger partial charge in [-0.25, -0.2) is 0 Å². The summed E-state index contributed by atoms with van der Waals surface area (Å²) in [6.45, 7) is 6.34. The van der Waals surface area contributed by atoms with E-state index in [9.17, 15) is 0 Å². The normalized spacial score (nSPS) is 12.7. The van der Waals surface area contributed by atoms with Gasteiger partial charge in [-0.2, -0.15) is 5.10 Å². The summed E-state index contributed by atoms with van der Waals surface area (Å²) in [5.41, 5.74) is 10.1. The van der Waals surface area contributed by atoms with Gasteiger partial charge in [-0.1, -0.05) is 24.3 Å². The van der Waals surface area contributed by atoms with Crippen LogP contribution in [-0.4, -0.2) is 16.9 Å². The minimum absolute atomic E-state index is 0.0792. The van der Waals surface area contributed by atoms with Crippen LogP contribution in [-0.2, 0) is 6.42 Å². The Morgan fingerprint density at radius 3 is 2.62 bits per heavy atom. The van der Waals surface area contributed by atoms with Crippen molar-refractivity contribution in [2.45, 2.75) is 45.7 Å². The molecule has 0 aliphatic heterocycles. The molecule has 0 saturated heterocycles. The van der Waals surface area contributed by atoms with Gasteiger partial charge in [-0.05, 0) is 44.7 Å². The van der Waals surface area contributed by atoms with Crippen molar-refractivity contribution < 1.29 is 4.74 Å². The summed E-state index contributed by atoms with van der Waals surface area (Å²) >= 11 is 0. The standard InChI is InChI=1S/C17H25N3O/c1-12(2)20-17(16(21-4)11-19-20)15(18)10-9-14-8-6-5-7-13(14)3/h5-8,11-12,15H,9-10,18H2,1-4H3. The van der Waals surface area contributed by atoms with Crippen LogP contribution in [0.5, 0.6) is 5.75 Å². The second kappa shape index (κ2) is 6.76. The topological polar surface area (TPSA) is 53.1 Å². The molecule has 4 heteroatoms. The van der Waals surface area contributed by atoms with Crippen molar-refractivity contribution in [1.82, 2.24) is 9.78 Å². The summed E-state index contributed by atoms with van der Waals surface area (Å²) in [4.78, 5) is 0. The average Bonchev–Trinajstić information content (AvgIpc) is 2.90. The highest BCUT2D eigenvalue weighted by atomic mass is 16.5. The predicted octanol–water partition coefficient (Wildman–Crippen LogP) is 3.41. The molecule has 1 aromatic carbocycles. The lowest BCUT2D eigenvalue weighted by Gasteiger charge is -2.18. The smallest absolute Gasteiger partial charge is 0.161 e. The van der Waals surface area contributed by atoms with Crippen LogP contribution in [0, 0.1) is 6.92 Å². The molecule has 1 unspecified atom stereocenters. The number of nitrogens with two attached hydrogens (primary N) is 1. The van der Waals surface area contributed by atoms with Crippen LogP contribution in [0.1, 0.15) is 49.2 Å². The first-order valence-corrected chi connectivity index (χ1v) is 7.46. The van der Waals surface area contributed by atoms with E-state index in [0.717, 1.165) is 24.3 Å². The second-order valence-corrected chi connectivity index (χ2v) is 5.71. The molecule has 1 heterocycles. The molecule has 2 aromatic rings. The second-order valence-electron chi connectivity index (χ2n) is 5.71. The lowest BCUT2D eigenvalue weighted by molar-refractivity contribution is 0.394. The van der Waals surface area contributed by atoms with Gasteiger partial charge in [0, 0.05) is 6.04 Å². The Hall–Kier alpha value is -1.81. The Morgan fingerprint density at radius 1 is 1.29 bits per heavy atom. The van der Waals surface area contributed by atoms with E-state index in [1.54, 1.807) is 13.3 Å². The first-order valence-electron chi connectivity index (χ1n) is 7.46. The fourth-order valence-corrected chi connectivity index (χ4v) is 2.62. The van der Waals surface area contributed by atoms with Gasteiger partial charge in [0.25, 0.3) is 0 Å². The Kier molecular flexibility index (Phi) is 5.02. The molecule has 2 rings (SSSR count). The highest BCUT2D eigenvalue weighted by Crippen LogP contribution is 2.29. The number of nitrogens with zero attached hydrogens (tertiary/aromatic N) is 2. The fourth-order valence-electron chi connectivity index (χ4n) is 2.62. The molecule has 0 spiro atoms. The van der Waals surface area contributed by atoms with Crippen LogP contribution in [0.3, 0.4) is 0 Å². The zero-order valence-corrected chi connectivity index (χ0v) is 13.3. The molecule has 114 valence electrons. The van der Waals surface area contributed by atoms with Crippen LogP contribution >= 0.6 is 0 Å². The number of hydrogen-bond acceptors (Lipinski definition) is 3. The van der Waals surface area contributed by atoms with Gasteiger partial charge in [-0.15, -0.1) is 0 Å². The highest BCUT2D eigenvalue weighted by molar-refractivity contribution is 5.30. The molecule has 21 heavy (non-hydrogen) atoms. The molecule has 0 amide bonds. The summed E-state index contributed by atoms with van der Waals surface area (Å²) in [6, 6.07) is 8.64. The van der Waals surface area contributed by atoms with Crippen LogP contribution in [0.2, 0.25) is 0 Å². The Labute approximate surface area is 126 Å². The van der Waals surface area contributed by atoms with E-state index in [1.807, 2.05) is 4.68 Å². The molecule has 1 aromatic heterocycles. The van der Waals surface area contributed by atoms with Crippen LogP contribution in [0.4, 0.5) is 0 Å². The molecule has 0 aliphatic carbocycles. The largest absolute Gasteiger partial charge is 0.493 e. The summed E-state index contributed by atoms with van der Waals surface area (Å²) < 4.78 is 7.37. The van der Waals surface area contributed by atoms with Gasteiger partial charge >= 0.3 is 0 Å². The summed E-state index contributed by atoms with van der Waals surface area (Å²) in [6.07, 6.45) is 3.59. The van der Waals surface area contributed by atoms with E-state index in [-0.39, 0.29) is 12.1 Å². The number of hydrogen-bond donors (Lipinski definition) is 1. The Bertz CT molecular complexity index is 589. The Balaban J connectivity index is 2.15. The molecule has 0 radical (unpaired) electrons. The van der Waals surface area contributed by atoms with Gasteiger partial charge in [0.05, 0.1) is 25.0 Å². The van der Waals surface area contributed by atoms with Crippen molar-refractivity contribution in [2.24, 2.45) is 5.73 Å². The maximum atomic E-state index is 6.41. The third kappa shape index (κ3) is 3.45. The highest BCUT2D eigenvalue weighted by Gasteiger charge is 2.20. The molecule has 0 aliphatic rings. The monoisotopic (exact) mass is 287 g/mol. The van der Waals surface area contributed by atoms with E-state index < -0.39 is 0 Å². The fraction of sp³-hybridized carbons (Fsp3) is 0.471. The third-order valence-electron chi connectivity index (χ3n) is 3.84. The van der Waals surface area contributed by atoms with Crippen molar-refractivity contribution in [3.05, 3.63) is 47.3 Å². The van der Waals surface area contributed by atoms with E-state index in [2.05, 4.69) is 50.1 Å². The third-order valence-corrected chi connectivity index (χ3v) is 3.84. The number of benzene rings is 1. The summed E-state index contributed by atoms with van der Waals surface area (Å²) in [7, 11) is 1.67. The van der Waals surface area contributed by atoms with Gasteiger partial charge in [0.15, 0.2) is 5.75 Å². The SMILES string of the molecule is COc1cnn(C(C)C)c1C(N)CCc1ccccc1C. The summed E-state index contributed by atoms with van der Waals surface area (Å²) in [5.74, 6) is 0.779. The van der Waals surface area contributed by atoms with Gasteiger partial charge in [0.1, 0.15) is 0 Å². The van der Waals surface area contributed by atoms with Gasteiger partial charge in [-0.3, -0.25) is 4.68 Å². The first-order chi connectivity index (χ1) is 10.0. The molecular weight excluding hydrogens is 262 g/mol. The molecule has 1 atom stereocenters. The van der Waals surface area contributed by atoms with Crippen molar-refractivity contribution in [1.29, 1.82) is 0 Å². The lowest BCUT2D eigenvalue weighted by Crippen LogP contribution is -2.19. The first kappa shape index (κ1) is 15.6.